The lowest BCUT2D eigenvalue weighted by Crippen LogP contribution is -2.28. The molecule has 0 saturated heterocycles. The highest BCUT2D eigenvalue weighted by atomic mass is 32.1. The van der Waals surface area contributed by atoms with Crippen LogP contribution in [-0.4, -0.2) is 0 Å². The number of thiophene rings is 1. The maximum absolute atomic E-state index is 7.09. The van der Waals surface area contributed by atoms with E-state index >= 15 is 0 Å². The zero-order valence-corrected chi connectivity index (χ0v) is 62.5. The molecule has 528 valence electrons. The summed E-state index contributed by atoms with van der Waals surface area (Å²) in [5, 5.41) is 6.99. The zero-order chi connectivity index (χ0) is 74.2. The van der Waals surface area contributed by atoms with Gasteiger partial charge in [0.1, 0.15) is 22.3 Å². The lowest BCUT2D eigenvalue weighted by Gasteiger charge is -2.34. The van der Waals surface area contributed by atoms with E-state index in [2.05, 4.69) is 412 Å². The molecule has 3 heterocycles. The van der Waals surface area contributed by atoms with Crippen LogP contribution in [0.3, 0.4) is 0 Å². The molecule has 3 aliphatic rings. The van der Waals surface area contributed by atoms with Crippen molar-refractivity contribution in [3.8, 4) is 44.5 Å². The summed E-state index contributed by atoms with van der Waals surface area (Å²) in [6.07, 6.45) is 0. The van der Waals surface area contributed by atoms with Crippen molar-refractivity contribution in [3.05, 3.63) is 456 Å². The minimum Gasteiger partial charge on any atom is -0.456 e. The zero-order valence-electron chi connectivity index (χ0n) is 61.7. The third-order valence-corrected chi connectivity index (χ3v) is 25.5. The van der Waals surface area contributed by atoms with Gasteiger partial charge in [0.2, 0.25) is 0 Å². The summed E-state index contributed by atoms with van der Waals surface area (Å²) in [7, 11) is 0. The Labute approximate surface area is 654 Å². The van der Waals surface area contributed by atoms with E-state index in [1.54, 1.807) is 0 Å². The molecule has 0 aliphatic heterocycles. The number of furan rings is 2. The lowest BCUT2D eigenvalue weighted by molar-refractivity contribution is 0.648. The van der Waals surface area contributed by atoms with Crippen LogP contribution in [0.25, 0.3) is 109 Å². The number of benzene rings is 17. The van der Waals surface area contributed by atoms with E-state index in [9.17, 15) is 0 Å². The third-order valence-electron chi connectivity index (χ3n) is 24.3. The van der Waals surface area contributed by atoms with Gasteiger partial charge in [0, 0.05) is 92.9 Å². The molecular weight excluding hydrogens is 1380 g/mol. The Kier molecular flexibility index (Phi) is 14.9. The van der Waals surface area contributed by atoms with E-state index in [1.165, 1.54) is 115 Å². The molecule has 112 heavy (non-hydrogen) atoms. The van der Waals surface area contributed by atoms with E-state index in [0.29, 0.717) is 0 Å². The summed E-state index contributed by atoms with van der Waals surface area (Å²) in [6, 6.07) is 146. The predicted molar refractivity (Wildman–Crippen MR) is 467 cm³/mol. The van der Waals surface area contributed by atoms with Crippen LogP contribution in [0.15, 0.2) is 409 Å². The summed E-state index contributed by atoms with van der Waals surface area (Å²) in [4.78, 5) is 4.75. The van der Waals surface area contributed by atoms with Crippen LogP contribution in [0, 0.1) is 0 Å². The monoisotopic (exact) mass is 1450 g/mol. The Morgan fingerprint density at radius 3 is 1.26 bits per heavy atom. The molecule has 5 heteroatoms. The van der Waals surface area contributed by atoms with Crippen LogP contribution in [0.2, 0.25) is 0 Å². The first-order chi connectivity index (χ1) is 55.3. The van der Waals surface area contributed by atoms with Crippen molar-refractivity contribution in [2.45, 2.75) is 30.1 Å². The molecule has 17 aromatic carbocycles. The van der Waals surface area contributed by atoms with Gasteiger partial charge in [-0.1, -0.05) is 317 Å². The number of hydrogen-bond acceptors (Lipinski definition) is 5. The summed E-state index contributed by atoms with van der Waals surface area (Å²) in [5.74, 6) is 0. The van der Waals surface area contributed by atoms with Crippen molar-refractivity contribution in [2.75, 3.05) is 9.80 Å². The number of fused-ring (bicyclic) bond motifs is 18. The van der Waals surface area contributed by atoms with E-state index in [-0.39, 0.29) is 5.41 Å². The second-order valence-electron chi connectivity index (χ2n) is 30.4. The highest BCUT2D eigenvalue weighted by Gasteiger charge is 2.49. The van der Waals surface area contributed by atoms with Gasteiger partial charge in [-0.15, -0.1) is 11.3 Å². The van der Waals surface area contributed by atoms with E-state index < -0.39 is 10.8 Å². The topological polar surface area (TPSA) is 32.8 Å². The average Bonchev–Trinajstić information content (AvgIpc) is 1.51. The number of rotatable bonds is 11. The quantitative estimate of drug-likeness (QED) is 0.129. The minimum atomic E-state index is -0.563. The van der Waals surface area contributed by atoms with Gasteiger partial charge in [-0.3, -0.25) is 0 Å². The summed E-state index contributed by atoms with van der Waals surface area (Å²) in [5.41, 5.74) is 32.1. The first kappa shape index (κ1) is 65.3. The normalized spacial score (nSPS) is 13.7. The molecule has 4 nitrogen and oxygen atoms in total. The van der Waals surface area contributed by atoms with Gasteiger partial charge in [0.15, 0.2) is 0 Å². The molecule has 3 aromatic heterocycles. The Balaban J connectivity index is 0.000000139. The van der Waals surface area contributed by atoms with Crippen LogP contribution in [0.4, 0.5) is 34.1 Å². The first-order valence-corrected chi connectivity index (χ1v) is 39.5. The average molecular weight is 1450 g/mol. The van der Waals surface area contributed by atoms with Crippen LogP contribution in [-0.2, 0) is 16.2 Å². The Hall–Kier alpha value is -13.8. The fourth-order valence-corrected chi connectivity index (χ4v) is 20.6. The lowest BCUT2D eigenvalue weighted by atomic mass is 9.67. The standard InChI is InChI=1S/C58H41NO.C49H31NOS/c1-57(2)50-24-12-9-20-44(50)47-34-32-43(37-54(47)57)59(41-30-28-39(29-31-41)38-16-5-3-6-17-38)42-33-35-55-49(36-42)48-23-15-27-53(56(48)60-55)58(40-18-7-4-8-19-40)51-25-13-10-21-45(51)46-22-11-14-26-52(46)58;1-3-14-32(15-4-1)49(42-22-10-7-18-36(42)37-19-8-11-23-43(37)49)44-24-13-21-40-41-30-34(27-29-47(41)52-48(40)44)50(33-16-5-2-6-17-33)35-26-28-39-38-20-9-12-25-45(38)51-46(39)31-35/h3-37H,1-2H3;1-31H. The highest BCUT2D eigenvalue weighted by molar-refractivity contribution is 7.26. The Morgan fingerprint density at radius 2 is 0.634 bits per heavy atom. The smallest absolute Gasteiger partial charge is 0.140 e. The maximum atomic E-state index is 7.09. The van der Waals surface area contributed by atoms with Gasteiger partial charge in [-0.2, -0.15) is 0 Å². The third kappa shape index (κ3) is 9.80. The van der Waals surface area contributed by atoms with Gasteiger partial charge in [0.05, 0.1) is 10.8 Å². The van der Waals surface area contributed by atoms with Crippen LogP contribution in [0.5, 0.6) is 0 Å². The van der Waals surface area contributed by atoms with Crippen molar-refractivity contribution in [2.24, 2.45) is 0 Å². The molecule has 0 saturated carbocycles. The summed E-state index contributed by atoms with van der Waals surface area (Å²) >= 11 is 1.90. The first-order valence-electron chi connectivity index (χ1n) is 38.7. The highest BCUT2D eigenvalue weighted by Crippen LogP contribution is 2.61. The molecule has 20 aromatic rings. The van der Waals surface area contributed by atoms with Crippen LogP contribution in [0.1, 0.15) is 69.5 Å². The van der Waals surface area contributed by atoms with Gasteiger partial charge >= 0.3 is 0 Å². The number of para-hydroxylation sites is 3. The van der Waals surface area contributed by atoms with Crippen LogP contribution < -0.4 is 9.80 Å². The summed E-state index contributed by atoms with van der Waals surface area (Å²) < 4.78 is 16.0. The summed E-state index contributed by atoms with van der Waals surface area (Å²) in [6.45, 7) is 4.70. The number of anilines is 6. The SMILES string of the molecule is CC1(C)c2ccccc2-c2ccc(N(c3ccc(-c4ccccc4)cc3)c3ccc4oc5c(C6(c7ccccc7)c7ccccc7-c7ccccc76)cccc5c4c3)cc21.c1ccc(N(c2ccc3c(c2)oc2ccccc23)c2ccc3sc4c(C5(c6ccccc6)c6ccccc6-c6ccccc65)cccc4c3c2)cc1. The number of nitrogens with zero attached hydrogens (tertiary/aromatic N) is 2. The Bertz CT molecular complexity index is 7020. The van der Waals surface area contributed by atoms with Gasteiger partial charge < -0.3 is 18.6 Å². The molecule has 0 radical (unpaired) electrons. The molecule has 0 atom stereocenters. The van der Waals surface area contributed by atoms with Crippen molar-refractivity contribution >= 4 is 110 Å². The molecule has 0 bridgehead atoms. The molecule has 0 fully saturated rings. The van der Waals surface area contributed by atoms with Gasteiger partial charge in [-0.25, -0.2) is 0 Å². The minimum absolute atomic E-state index is 0.127. The van der Waals surface area contributed by atoms with Gasteiger partial charge in [-0.05, 0) is 186 Å². The maximum Gasteiger partial charge on any atom is 0.140 e. The fraction of sp³-hybridized carbons (Fsp3) is 0.0467. The van der Waals surface area contributed by atoms with Crippen molar-refractivity contribution in [1.82, 2.24) is 0 Å². The molecule has 0 unspecified atom stereocenters. The van der Waals surface area contributed by atoms with E-state index in [4.69, 9.17) is 8.83 Å². The Morgan fingerprint density at radius 1 is 0.232 bits per heavy atom. The predicted octanol–water partition coefficient (Wildman–Crippen LogP) is 29.2. The van der Waals surface area contributed by atoms with Crippen LogP contribution >= 0.6 is 11.3 Å². The molecule has 0 amide bonds. The van der Waals surface area contributed by atoms with Crippen molar-refractivity contribution in [1.29, 1.82) is 0 Å². The second kappa shape index (κ2) is 25.6. The molecule has 0 N–H and O–H groups in total. The fourth-order valence-electron chi connectivity index (χ4n) is 19.4. The number of hydrogen-bond donors (Lipinski definition) is 0. The van der Waals surface area contributed by atoms with Crippen molar-refractivity contribution < 1.29 is 8.83 Å². The molecule has 23 rings (SSSR count). The largest absolute Gasteiger partial charge is 0.456 e. The van der Waals surface area contributed by atoms with Gasteiger partial charge in [0.25, 0.3) is 0 Å². The van der Waals surface area contributed by atoms with Crippen molar-refractivity contribution in [3.63, 3.8) is 0 Å². The molecular formula is C107H72N2O2S. The molecule has 3 aliphatic carbocycles. The van der Waals surface area contributed by atoms with E-state index in [0.717, 1.165) is 83.6 Å². The van der Waals surface area contributed by atoms with E-state index in [1.807, 2.05) is 23.5 Å². The molecule has 0 spiro atoms. The second-order valence-corrected chi connectivity index (χ2v) is 31.5.